The number of benzene rings is 1. The second-order valence-corrected chi connectivity index (χ2v) is 6.59. The molecule has 0 bridgehead atoms. The Morgan fingerprint density at radius 2 is 1.23 bits per heavy atom. The highest BCUT2D eigenvalue weighted by molar-refractivity contribution is 5.95. The number of nitrogens with one attached hydrogen (secondary N) is 1. The molecule has 0 aromatic heterocycles. The highest BCUT2D eigenvalue weighted by Crippen LogP contribution is 2.23. The second kappa shape index (κ2) is 15.0. The van der Waals surface area contributed by atoms with Gasteiger partial charge >= 0.3 is 0 Å². The van der Waals surface area contributed by atoms with Crippen LogP contribution >= 0.6 is 0 Å². The van der Waals surface area contributed by atoms with Crippen LogP contribution < -0.4 is 14.8 Å². The molecule has 0 radical (unpaired) electrons. The fraction of sp³-hybridized carbons (Fsp3) is 0.667. The van der Waals surface area contributed by atoms with Crippen molar-refractivity contribution in [3.05, 3.63) is 23.8 Å². The first-order valence-electron chi connectivity index (χ1n) is 10.3. The number of rotatable bonds is 3. The minimum atomic E-state index is -0.132. The number of nitrogens with zero attached hydrogens (tertiary/aromatic N) is 1. The maximum atomic E-state index is 13.1. The van der Waals surface area contributed by atoms with Gasteiger partial charge in [0.25, 0.3) is 5.91 Å². The lowest BCUT2D eigenvalue weighted by Gasteiger charge is -2.23. The Morgan fingerprint density at radius 1 is 0.767 bits per heavy atom. The Bertz CT molecular complexity index is 575. The zero-order valence-corrected chi connectivity index (χ0v) is 18.0. The van der Waals surface area contributed by atoms with Gasteiger partial charge in [-0.15, -0.1) is 0 Å². The third kappa shape index (κ3) is 9.27. The van der Waals surface area contributed by atoms with Crippen molar-refractivity contribution >= 4 is 5.91 Å². The number of amides is 1. The van der Waals surface area contributed by atoms with Crippen LogP contribution in [0.2, 0.25) is 0 Å². The summed E-state index contributed by atoms with van der Waals surface area (Å²) < 4.78 is 32.9. The van der Waals surface area contributed by atoms with Crippen molar-refractivity contribution in [3.8, 4) is 11.5 Å². The number of ether oxygens (including phenoxy) is 6. The molecule has 1 saturated heterocycles. The van der Waals surface area contributed by atoms with Gasteiger partial charge < -0.3 is 38.6 Å². The maximum absolute atomic E-state index is 13.1. The fourth-order valence-electron chi connectivity index (χ4n) is 2.84. The number of carbonyl (C=O) groups excluding carboxylic acids is 1. The van der Waals surface area contributed by atoms with E-state index in [0.717, 1.165) is 13.1 Å². The van der Waals surface area contributed by atoms with Crippen LogP contribution in [0.15, 0.2) is 18.2 Å². The minimum Gasteiger partial charge on any atom is -0.497 e. The van der Waals surface area contributed by atoms with E-state index in [1.54, 1.807) is 37.3 Å². The van der Waals surface area contributed by atoms with E-state index in [2.05, 4.69) is 5.32 Å². The molecule has 0 saturated carbocycles. The lowest BCUT2D eigenvalue weighted by atomic mass is 10.1. The van der Waals surface area contributed by atoms with Crippen molar-refractivity contribution in [1.82, 2.24) is 10.2 Å². The van der Waals surface area contributed by atoms with Gasteiger partial charge in [-0.05, 0) is 12.1 Å². The van der Waals surface area contributed by atoms with Crippen molar-refractivity contribution in [1.29, 1.82) is 0 Å². The van der Waals surface area contributed by atoms with Crippen LogP contribution in [0.3, 0.4) is 0 Å². The van der Waals surface area contributed by atoms with Gasteiger partial charge in [0.15, 0.2) is 0 Å². The normalized spacial score (nSPS) is 18.8. The predicted octanol–water partition coefficient (Wildman–Crippen LogP) is 0.816. The average molecular weight is 427 g/mol. The number of hydrogen-bond acceptors (Lipinski definition) is 8. The van der Waals surface area contributed by atoms with Gasteiger partial charge in [0.1, 0.15) is 11.5 Å². The van der Waals surface area contributed by atoms with Crippen LogP contribution in [0.25, 0.3) is 0 Å². The molecule has 1 heterocycles. The summed E-state index contributed by atoms with van der Waals surface area (Å²) in [6.07, 6.45) is 0. The molecule has 0 atom stereocenters. The van der Waals surface area contributed by atoms with E-state index in [-0.39, 0.29) is 5.91 Å². The SMILES string of the molecule is COc1cc(OC)cc(C(=O)N2CCOCCOCCNCCOCCOCC2)c1. The second-order valence-electron chi connectivity index (χ2n) is 6.59. The predicted molar refractivity (Wildman–Crippen MR) is 112 cm³/mol. The van der Waals surface area contributed by atoms with E-state index in [4.69, 9.17) is 28.4 Å². The monoisotopic (exact) mass is 426 g/mol. The van der Waals surface area contributed by atoms with Crippen LogP contribution in [0.4, 0.5) is 0 Å². The van der Waals surface area contributed by atoms with Crippen molar-refractivity contribution in [2.24, 2.45) is 0 Å². The highest BCUT2D eigenvalue weighted by atomic mass is 16.5. The standard InChI is InChI=1S/C21H34N2O7/c1-25-19-15-18(16-20(17-19)26-2)21(24)23-5-9-29-13-11-27-7-3-22-4-8-28-12-14-30-10-6-23/h15-17,22H,3-14H2,1-2H3. The third-order valence-electron chi connectivity index (χ3n) is 4.49. The van der Waals surface area contributed by atoms with Crippen molar-refractivity contribution in [2.45, 2.75) is 0 Å². The highest BCUT2D eigenvalue weighted by Gasteiger charge is 2.18. The van der Waals surface area contributed by atoms with E-state index in [1.165, 1.54) is 0 Å². The molecule has 1 N–H and O–H groups in total. The quantitative estimate of drug-likeness (QED) is 0.760. The van der Waals surface area contributed by atoms with Gasteiger partial charge in [-0.2, -0.15) is 0 Å². The topological polar surface area (TPSA) is 87.7 Å². The van der Waals surface area contributed by atoms with Gasteiger partial charge in [-0.25, -0.2) is 0 Å². The third-order valence-corrected chi connectivity index (χ3v) is 4.49. The maximum Gasteiger partial charge on any atom is 0.254 e. The Hall–Kier alpha value is -1.91. The van der Waals surface area contributed by atoms with Gasteiger partial charge in [0, 0.05) is 37.8 Å². The van der Waals surface area contributed by atoms with Crippen LogP contribution in [-0.2, 0) is 18.9 Å². The molecule has 1 aromatic rings. The Labute approximate surface area is 178 Å². The molecule has 170 valence electrons. The molecule has 1 aromatic carbocycles. The van der Waals surface area contributed by atoms with Crippen molar-refractivity contribution in [3.63, 3.8) is 0 Å². The molecule has 0 unspecified atom stereocenters. The zero-order chi connectivity index (χ0) is 21.4. The summed E-state index contributed by atoms with van der Waals surface area (Å²) in [4.78, 5) is 14.8. The van der Waals surface area contributed by atoms with Crippen LogP contribution in [-0.4, -0.2) is 104 Å². The first kappa shape index (κ1) is 24.4. The van der Waals surface area contributed by atoms with Crippen LogP contribution in [0.1, 0.15) is 10.4 Å². The first-order chi connectivity index (χ1) is 14.7. The number of methoxy groups -OCH3 is 2. The summed E-state index contributed by atoms with van der Waals surface area (Å²) in [6.45, 7) is 6.49. The zero-order valence-electron chi connectivity index (χ0n) is 18.0. The van der Waals surface area contributed by atoms with E-state index in [0.29, 0.717) is 83.0 Å². The molecule has 0 aliphatic carbocycles. The van der Waals surface area contributed by atoms with E-state index >= 15 is 0 Å². The molecule has 9 nitrogen and oxygen atoms in total. The van der Waals surface area contributed by atoms with E-state index < -0.39 is 0 Å². The summed E-state index contributed by atoms with van der Waals surface area (Å²) in [5.74, 6) is 0.998. The summed E-state index contributed by atoms with van der Waals surface area (Å²) in [6, 6.07) is 5.14. The molecule has 1 aliphatic heterocycles. The lowest BCUT2D eigenvalue weighted by Crippen LogP contribution is -2.37. The van der Waals surface area contributed by atoms with E-state index in [9.17, 15) is 4.79 Å². The van der Waals surface area contributed by atoms with Crippen molar-refractivity contribution in [2.75, 3.05) is 93.3 Å². The van der Waals surface area contributed by atoms with Gasteiger partial charge in [-0.1, -0.05) is 0 Å². The first-order valence-corrected chi connectivity index (χ1v) is 10.3. The molecule has 1 fully saturated rings. The molecular weight excluding hydrogens is 392 g/mol. The molecule has 0 spiro atoms. The average Bonchev–Trinajstić information content (AvgIpc) is 2.78. The fourth-order valence-corrected chi connectivity index (χ4v) is 2.84. The van der Waals surface area contributed by atoms with Gasteiger partial charge in [0.05, 0.1) is 67.1 Å². The molecule has 30 heavy (non-hydrogen) atoms. The summed E-state index contributed by atoms with van der Waals surface area (Å²) in [5.41, 5.74) is 0.493. The summed E-state index contributed by atoms with van der Waals surface area (Å²) in [7, 11) is 3.11. The minimum absolute atomic E-state index is 0.132. The van der Waals surface area contributed by atoms with Crippen LogP contribution in [0.5, 0.6) is 11.5 Å². The molecule has 9 heteroatoms. The molecule has 2 rings (SSSR count). The van der Waals surface area contributed by atoms with Gasteiger partial charge in [0.2, 0.25) is 0 Å². The molecule has 1 aliphatic rings. The summed E-state index contributed by atoms with van der Waals surface area (Å²) in [5, 5.41) is 3.25. The van der Waals surface area contributed by atoms with Crippen LogP contribution in [0, 0.1) is 0 Å². The Morgan fingerprint density at radius 3 is 1.70 bits per heavy atom. The van der Waals surface area contributed by atoms with Crippen molar-refractivity contribution < 1.29 is 33.2 Å². The lowest BCUT2D eigenvalue weighted by molar-refractivity contribution is 0.0199. The number of carbonyl (C=O) groups is 1. The Kier molecular flexibility index (Phi) is 12.2. The molecular formula is C21H34N2O7. The Balaban J connectivity index is 1.96. The number of hydrogen-bond donors (Lipinski definition) is 1. The summed E-state index contributed by atoms with van der Waals surface area (Å²) >= 11 is 0. The molecule has 1 amide bonds. The largest absolute Gasteiger partial charge is 0.497 e. The smallest absolute Gasteiger partial charge is 0.254 e. The van der Waals surface area contributed by atoms with Gasteiger partial charge in [-0.3, -0.25) is 4.79 Å². The van der Waals surface area contributed by atoms with E-state index in [1.807, 2.05) is 0 Å².